The van der Waals surface area contributed by atoms with Gasteiger partial charge < -0.3 is 25.4 Å². The largest absolute Gasteiger partial charge is 0.399 e. The second-order valence-corrected chi connectivity index (χ2v) is 14.0. The van der Waals surface area contributed by atoms with Gasteiger partial charge in [-0.1, -0.05) is 56.3 Å². The topological polar surface area (TPSA) is 119 Å². The smallest absolute Gasteiger partial charge is 0.193 e. The molecule has 5 aliphatic rings. The Kier molecular flexibility index (Phi) is 6.85. The number of ether oxygens (including phenoxy) is 2. The standard InChI is InChI=1S/C36H39F2NO6/c1-19(22-5-4-6-23(39)13-22)20-7-9-21(10-8-20)32-44-31-16-25-26-15-28(37)27-14-24(41)11-12-33(27,2)35(26,38)29(42)17-34(25,3)36(31,45-32)30(43)18-40/h4-14,19,25-26,28-29,31-32,40,42H,15-18,39H2,1-3H3/t19-,25?,26-,28-,29-,31+,32+,33-,34-,35-,36+/m0/s1. The van der Waals surface area contributed by atoms with Gasteiger partial charge in [0.1, 0.15) is 12.8 Å². The Morgan fingerprint density at radius 1 is 1.11 bits per heavy atom. The maximum Gasteiger partial charge on any atom is 0.193 e. The van der Waals surface area contributed by atoms with Crippen LogP contribution in [0.1, 0.15) is 68.9 Å². The van der Waals surface area contributed by atoms with Gasteiger partial charge in [-0.05, 0) is 73.1 Å². The number of aliphatic hydroxyl groups excluding tert-OH is 2. The highest BCUT2D eigenvalue weighted by Crippen LogP contribution is 2.72. The van der Waals surface area contributed by atoms with Gasteiger partial charge in [0.05, 0.1) is 12.2 Å². The number of nitrogen functional groups attached to an aromatic ring is 1. The lowest BCUT2D eigenvalue weighted by molar-refractivity contribution is -0.235. The minimum atomic E-state index is -2.29. The van der Waals surface area contributed by atoms with Crippen LogP contribution in [0, 0.1) is 22.7 Å². The van der Waals surface area contributed by atoms with Gasteiger partial charge in [-0.3, -0.25) is 9.59 Å². The number of Topliss-reactive ketones (excluding diaryl/α,β-unsaturated/α-hetero) is 1. The van der Waals surface area contributed by atoms with Gasteiger partial charge in [0.2, 0.25) is 0 Å². The number of aliphatic hydroxyl groups is 2. The highest BCUT2D eigenvalue weighted by atomic mass is 19.1. The van der Waals surface area contributed by atoms with E-state index in [1.807, 2.05) is 48.5 Å². The third kappa shape index (κ3) is 3.93. The molecule has 7 rings (SSSR count). The van der Waals surface area contributed by atoms with Crippen molar-refractivity contribution in [1.29, 1.82) is 0 Å². The molecule has 238 valence electrons. The van der Waals surface area contributed by atoms with Crippen LogP contribution >= 0.6 is 0 Å². The van der Waals surface area contributed by atoms with E-state index in [0.29, 0.717) is 11.3 Å². The third-order valence-corrected chi connectivity index (χ3v) is 12.0. The summed E-state index contributed by atoms with van der Waals surface area (Å²) in [5, 5.41) is 21.9. The number of hydrogen-bond acceptors (Lipinski definition) is 7. The van der Waals surface area contributed by atoms with Crippen molar-refractivity contribution in [2.75, 3.05) is 12.3 Å². The minimum absolute atomic E-state index is 0.0387. The Balaban J connectivity index is 1.22. The number of carbonyl (C=O) groups excluding carboxylic acids is 2. The summed E-state index contributed by atoms with van der Waals surface area (Å²) in [5.74, 6) is -2.54. The van der Waals surface area contributed by atoms with Gasteiger partial charge in [0.25, 0.3) is 0 Å². The molecule has 0 spiro atoms. The number of carbonyl (C=O) groups is 2. The van der Waals surface area contributed by atoms with Crippen molar-refractivity contribution in [2.24, 2.45) is 22.7 Å². The number of hydrogen-bond donors (Lipinski definition) is 3. The fourth-order valence-electron chi connectivity index (χ4n) is 9.68. The molecule has 4 fully saturated rings. The molecule has 2 aromatic rings. The van der Waals surface area contributed by atoms with Gasteiger partial charge in [0.15, 0.2) is 29.1 Å². The van der Waals surface area contributed by atoms with Crippen molar-refractivity contribution in [2.45, 2.75) is 81.9 Å². The molecule has 9 heteroatoms. The SMILES string of the molecule is C[C@@H](c1ccc([C@@H]2O[C@@H]3CC4[C@@H]5C[C@H](F)C6=CC(=O)C=C[C@]6(C)[C@@]5(F)[C@@H](O)C[C@]4(C)[C@]3(C(=O)CO)O2)cc1)c1cccc(N)c1. The molecule has 11 atom stereocenters. The molecule has 0 aromatic heterocycles. The van der Waals surface area contributed by atoms with Crippen LogP contribution in [-0.2, 0) is 19.1 Å². The van der Waals surface area contributed by atoms with Crippen molar-refractivity contribution >= 4 is 17.3 Å². The Hall–Kier alpha value is -3.24. The molecule has 1 heterocycles. The zero-order chi connectivity index (χ0) is 32.1. The van der Waals surface area contributed by atoms with E-state index >= 15 is 8.78 Å². The summed E-state index contributed by atoms with van der Waals surface area (Å²) < 4.78 is 46.4. The number of alkyl halides is 2. The zero-order valence-electron chi connectivity index (χ0n) is 25.6. The highest BCUT2D eigenvalue weighted by molar-refractivity contribution is 6.01. The van der Waals surface area contributed by atoms with E-state index < -0.39 is 76.8 Å². The molecule has 4 aliphatic carbocycles. The van der Waals surface area contributed by atoms with Crippen LogP contribution in [0.2, 0.25) is 0 Å². The summed E-state index contributed by atoms with van der Waals surface area (Å²) in [4.78, 5) is 25.9. The number of rotatable bonds is 5. The number of halogens is 2. The molecule has 3 saturated carbocycles. The lowest BCUT2D eigenvalue weighted by Crippen LogP contribution is -2.70. The van der Waals surface area contributed by atoms with Crippen LogP contribution < -0.4 is 5.73 Å². The second kappa shape index (κ2) is 10.1. The van der Waals surface area contributed by atoms with Crippen molar-refractivity contribution in [3.63, 3.8) is 0 Å². The van der Waals surface area contributed by atoms with Crippen molar-refractivity contribution < 1.29 is 38.1 Å². The molecular formula is C36H39F2NO6. The first kappa shape index (κ1) is 30.4. The fourth-order valence-corrected chi connectivity index (χ4v) is 9.68. The first-order valence-electron chi connectivity index (χ1n) is 15.7. The van der Waals surface area contributed by atoms with Crippen LogP contribution in [0.3, 0.4) is 0 Å². The van der Waals surface area contributed by atoms with E-state index in [0.717, 1.165) is 17.2 Å². The number of benzene rings is 2. The van der Waals surface area contributed by atoms with Gasteiger partial charge in [0, 0.05) is 33.9 Å². The molecule has 7 nitrogen and oxygen atoms in total. The van der Waals surface area contributed by atoms with Gasteiger partial charge in [-0.15, -0.1) is 0 Å². The quantitative estimate of drug-likeness (QED) is 0.400. The lowest BCUT2D eigenvalue weighted by Gasteiger charge is -2.63. The molecule has 0 bridgehead atoms. The Morgan fingerprint density at radius 2 is 1.84 bits per heavy atom. The van der Waals surface area contributed by atoms with Crippen LogP contribution in [0.15, 0.2) is 72.3 Å². The minimum Gasteiger partial charge on any atom is -0.399 e. The van der Waals surface area contributed by atoms with E-state index in [2.05, 4.69) is 6.92 Å². The summed E-state index contributed by atoms with van der Waals surface area (Å²) in [6, 6.07) is 15.4. The summed E-state index contributed by atoms with van der Waals surface area (Å²) in [6.45, 7) is 4.57. The zero-order valence-corrected chi connectivity index (χ0v) is 25.6. The summed E-state index contributed by atoms with van der Waals surface area (Å²) >= 11 is 0. The molecule has 0 amide bonds. The van der Waals surface area contributed by atoms with Crippen molar-refractivity contribution in [3.05, 3.63) is 89.0 Å². The first-order valence-corrected chi connectivity index (χ1v) is 15.7. The second-order valence-electron chi connectivity index (χ2n) is 14.0. The Bertz CT molecular complexity index is 1630. The number of allylic oxidation sites excluding steroid dienone is 4. The normalized spacial score (nSPS) is 42.3. The Morgan fingerprint density at radius 3 is 2.53 bits per heavy atom. The summed E-state index contributed by atoms with van der Waals surface area (Å²) in [7, 11) is 0. The third-order valence-electron chi connectivity index (χ3n) is 12.0. The van der Waals surface area contributed by atoms with Crippen LogP contribution in [0.5, 0.6) is 0 Å². The molecule has 0 radical (unpaired) electrons. The van der Waals surface area contributed by atoms with E-state index in [4.69, 9.17) is 15.2 Å². The van der Waals surface area contributed by atoms with Crippen LogP contribution in [-0.4, -0.2) is 58.0 Å². The van der Waals surface area contributed by atoms with E-state index in [9.17, 15) is 19.8 Å². The molecule has 45 heavy (non-hydrogen) atoms. The predicted molar refractivity (Wildman–Crippen MR) is 162 cm³/mol. The van der Waals surface area contributed by atoms with Crippen LogP contribution in [0.25, 0.3) is 0 Å². The van der Waals surface area contributed by atoms with E-state index in [-0.39, 0.29) is 30.8 Å². The number of anilines is 1. The monoisotopic (exact) mass is 619 g/mol. The molecular weight excluding hydrogens is 580 g/mol. The van der Waals surface area contributed by atoms with Gasteiger partial charge >= 0.3 is 0 Å². The van der Waals surface area contributed by atoms with Crippen molar-refractivity contribution in [3.8, 4) is 0 Å². The molecule has 2 aromatic carbocycles. The summed E-state index contributed by atoms with van der Waals surface area (Å²) in [6.07, 6.45) is -1.42. The average molecular weight is 620 g/mol. The maximum atomic E-state index is 17.6. The highest BCUT2D eigenvalue weighted by Gasteiger charge is 2.80. The molecule has 1 aliphatic heterocycles. The number of ketones is 2. The van der Waals surface area contributed by atoms with Crippen LogP contribution in [0.4, 0.5) is 14.5 Å². The summed E-state index contributed by atoms with van der Waals surface area (Å²) in [5.41, 5.74) is 2.83. The fraction of sp³-hybridized carbons (Fsp3) is 0.500. The Labute approximate surface area is 261 Å². The molecule has 1 unspecified atom stereocenters. The first-order chi connectivity index (χ1) is 21.3. The molecule has 1 saturated heterocycles. The predicted octanol–water partition coefficient (Wildman–Crippen LogP) is 5.06. The molecule has 4 N–H and O–H groups in total. The van der Waals surface area contributed by atoms with E-state index in [1.165, 1.54) is 19.1 Å². The average Bonchev–Trinajstić information content (AvgIpc) is 3.52. The maximum absolute atomic E-state index is 17.6. The number of nitrogens with two attached hydrogens (primary N) is 1. The lowest BCUT2D eigenvalue weighted by atomic mass is 9.44. The number of fused-ring (bicyclic) bond motifs is 7. The van der Waals surface area contributed by atoms with Gasteiger partial charge in [-0.2, -0.15) is 0 Å². The van der Waals surface area contributed by atoms with Crippen molar-refractivity contribution in [1.82, 2.24) is 0 Å². The van der Waals surface area contributed by atoms with Gasteiger partial charge in [-0.25, -0.2) is 8.78 Å². The van der Waals surface area contributed by atoms with E-state index in [1.54, 1.807) is 6.92 Å².